The highest BCUT2D eigenvalue weighted by Crippen LogP contribution is 2.34. The van der Waals surface area contributed by atoms with Crippen LogP contribution in [0.5, 0.6) is 0 Å². The standard InChI is InChI=1S/C19H28N2O2S/c1-5-17(22)21-16(12-24-18(21)11-13(2)3)19(23)20-14(4)15-9-7-6-8-10-15/h6-10,13-14,16,18H,5,11-12H2,1-4H3,(H,20,23). The molecule has 24 heavy (non-hydrogen) atoms. The molecule has 1 aliphatic rings. The molecule has 0 aliphatic carbocycles. The van der Waals surface area contributed by atoms with Gasteiger partial charge in [-0.15, -0.1) is 11.8 Å². The fourth-order valence-electron chi connectivity index (χ4n) is 3.00. The van der Waals surface area contributed by atoms with E-state index in [1.165, 1.54) is 0 Å². The average Bonchev–Trinajstić information content (AvgIpc) is 2.97. The third kappa shape index (κ3) is 4.53. The molecule has 4 nitrogen and oxygen atoms in total. The van der Waals surface area contributed by atoms with E-state index in [4.69, 9.17) is 0 Å². The van der Waals surface area contributed by atoms with Crippen LogP contribution >= 0.6 is 11.8 Å². The van der Waals surface area contributed by atoms with Crippen molar-refractivity contribution in [2.45, 2.75) is 58.0 Å². The van der Waals surface area contributed by atoms with Gasteiger partial charge in [0.15, 0.2) is 0 Å². The van der Waals surface area contributed by atoms with E-state index < -0.39 is 0 Å². The Kier molecular flexibility index (Phi) is 6.72. The zero-order chi connectivity index (χ0) is 17.7. The highest BCUT2D eigenvalue weighted by molar-refractivity contribution is 8.00. The second kappa shape index (κ2) is 8.56. The van der Waals surface area contributed by atoms with Crippen LogP contribution in [-0.2, 0) is 9.59 Å². The maximum absolute atomic E-state index is 12.8. The number of nitrogens with one attached hydrogen (secondary N) is 1. The number of amides is 2. The van der Waals surface area contributed by atoms with Crippen molar-refractivity contribution in [3.05, 3.63) is 35.9 Å². The van der Waals surface area contributed by atoms with Gasteiger partial charge in [-0.25, -0.2) is 0 Å². The molecular formula is C19H28N2O2S. The zero-order valence-corrected chi connectivity index (χ0v) is 15.8. The molecule has 1 heterocycles. The van der Waals surface area contributed by atoms with E-state index in [1.807, 2.05) is 49.1 Å². The van der Waals surface area contributed by atoms with E-state index in [1.54, 1.807) is 11.8 Å². The summed E-state index contributed by atoms with van der Waals surface area (Å²) in [5, 5.41) is 3.19. The van der Waals surface area contributed by atoms with Gasteiger partial charge >= 0.3 is 0 Å². The number of carbonyl (C=O) groups is 2. The lowest BCUT2D eigenvalue weighted by molar-refractivity contribution is -0.140. The molecular weight excluding hydrogens is 320 g/mol. The first-order valence-corrected chi connectivity index (χ1v) is 9.77. The van der Waals surface area contributed by atoms with E-state index >= 15 is 0 Å². The average molecular weight is 349 g/mol. The summed E-state index contributed by atoms with van der Waals surface area (Å²) in [7, 11) is 0. The molecule has 1 aliphatic heterocycles. The Morgan fingerprint density at radius 2 is 1.92 bits per heavy atom. The Hall–Kier alpha value is -1.49. The van der Waals surface area contributed by atoms with Crippen LogP contribution in [0.1, 0.15) is 52.1 Å². The molecule has 0 bridgehead atoms. The molecule has 132 valence electrons. The van der Waals surface area contributed by atoms with Crippen molar-refractivity contribution in [1.29, 1.82) is 0 Å². The van der Waals surface area contributed by atoms with Gasteiger partial charge in [-0.05, 0) is 24.8 Å². The Labute approximate surface area is 149 Å². The van der Waals surface area contributed by atoms with Crippen LogP contribution < -0.4 is 5.32 Å². The molecule has 3 unspecified atom stereocenters. The molecule has 0 radical (unpaired) electrons. The molecule has 3 atom stereocenters. The van der Waals surface area contributed by atoms with E-state index in [0.29, 0.717) is 18.1 Å². The van der Waals surface area contributed by atoms with Gasteiger partial charge < -0.3 is 10.2 Å². The highest BCUT2D eigenvalue weighted by atomic mass is 32.2. The number of hydrogen-bond donors (Lipinski definition) is 1. The molecule has 1 aromatic rings. The summed E-state index contributed by atoms with van der Waals surface area (Å²) in [6.07, 6.45) is 1.36. The molecule has 0 aromatic heterocycles. The van der Waals surface area contributed by atoms with Crippen molar-refractivity contribution in [2.75, 3.05) is 5.75 Å². The van der Waals surface area contributed by atoms with Crippen molar-refractivity contribution in [3.8, 4) is 0 Å². The van der Waals surface area contributed by atoms with Crippen LogP contribution in [-0.4, -0.2) is 33.9 Å². The number of rotatable bonds is 6. The first-order valence-electron chi connectivity index (χ1n) is 8.72. The highest BCUT2D eigenvalue weighted by Gasteiger charge is 2.41. The summed E-state index contributed by atoms with van der Waals surface area (Å²) in [6, 6.07) is 9.48. The number of carbonyl (C=O) groups excluding carboxylic acids is 2. The summed E-state index contributed by atoms with van der Waals surface area (Å²) in [4.78, 5) is 27.0. The third-order valence-electron chi connectivity index (χ3n) is 4.32. The quantitative estimate of drug-likeness (QED) is 0.855. The van der Waals surface area contributed by atoms with Gasteiger partial charge in [-0.3, -0.25) is 9.59 Å². The van der Waals surface area contributed by atoms with E-state index in [2.05, 4.69) is 19.2 Å². The number of nitrogens with zero attached hydrogens (tertiary/aromatic N) is 1. The molecule has 5 heteroatoms. The zero-order valence-electron chi connectivity index (χ0n) is 15.0. The van der Waals surface area contributed by atoms with Crippen molar-refractivity contribution in [2.24, 2.45) is 5.92 Å². The molecule has 1 fully saturated rings. The summed E-state index contributed by atoms with van der Waals surface area (Å²) in [6.45, 7) is 8.15. The Balaban J connectivity index is 2.08. The van der Waals surface area contributed by atoms with Crippen LogP contribution in [0.2, 0.25) is 0 Å². The maximum Gasteiger partial charge on any atom is 0.244 e. The lowest BCUT2D eigenvalue weighted by atomic mass is 10.1. The Morgan fingerprint density at radius 1 is 1.25 bits per heavy atom. The lowest BCUT2D eigenvalue weighted by Gasteiger charge is -2.30. The molecule has 0 spiro atoms. The first kappa shape index (κ1) is 18.8. The van der Waals surface area contributed by atoms with Gasteiger partial charge in [0, 0.05) is 12.2 Å². The van der Waals surface area contributed by atoms with Gasteiger partial charge in [0.1, 0.15) is 6.04 Å². The fourth-order valence-corrected chi connectivity index (χ4v) is 4.66. The summed E-state index contributed by atoms with van der Waals surface area (Å²) < 4.78 is 0. The van der Waals surface area contributed by atoms with Crippen molar-refractivity contribution in [1.82, 2.24) is 10.2 Å². The molecule has 2 amide bonds. The predicted octanol–water partition coefficient (Wildman–Crippen LogP) is 3.59. The topological polar surface area (TPSA) is 49.4 Å². The molecule has 0 saturated carbocycles. The van der Waals surface area contributed by atoms with Crippen molar-refractivity contribution in [3.63, 3.8) is 0 Å². The summed E-state index contributed by atoms with van der Waals surface area (Å²) in [5.74, 6) is 1.20. The van der Waals surface area contributed by atoms with E-state index in [0.717, 1.165) is 12.0 Å². The minimum Gasteiger partial charge on any atom is -0.348 e. The third-order valence-corrected chi connectivity index (χ3v) is 5.63. The van der Waals surface area contributed by atoms with Crippen LogP contribution in [0.25, 0.3) is 0 Å². The monoisotopic (exact) mass is 348 g/mol. The van der Waals surface area contributed by atoms with Crippen molar-refractivity contribution < 1.29 is 9.59 Å². The fraction of sp³-hybridized carbons (Fsp3) is 0.579. The van der Waals surface area contributed by atoms with Gasteiger partial charge in [-0.1, -0.05) is 51.1 Å². The van der Waals surface area contributed by atoms with Crippen LogP contribution in [0, 0.1) is 5.92 Å². The lowest BCUT2D eigenvalue weighted by Crippen LogP contribution is -2.50. The predicted molar refractivity (Wildman–Crippen MR) is 99.6 cm³/mol. The molecule has 1 aromatic carbocycles. The Bertz CT molecular complexity index is 562. The van der Waals surface area contributed by atoms with Crippen LogP contribution in [0.4, 0.5) is 0 Å². The second-order valence-corrected chi connectivity index (χ2v) is 7.94. The van der Waals surface area contributed by atoms with Gasteiger partial charge in [-0.2, -0.15) is 0 Å². The normalized spacial score (nSPS) is 21.8. The maximum atomic E-state index is 12.8. The van der Waals surface area contributed by atoms with E-state index in [-0.39, 0.29) is 29.3 Å². The number of hydrogen-bond acceptors (Lipinski definition) is 3. The summed E-state index contributed by atoms with van der Waals surface area (Å²) in [5.41, 5.74) is 1.07. The molecule has 1 N–H and O–H groups in total. The van der Waals surface area contributed by atoms with E-state index in [9.17, 15) is 9.59 Å². The van der Waals surface area contributed by atoms with Crippen molar-refractivity contribution >= 4 is 23.6 Å². The van der Waals surface area contributed by atoms with Crippen LogP contribution in [0.15, 0.2) is 30.3 Å². The summed E-state index contributed by atoms with van der Waals surface area (Å²) >= 11 is 1.73. The largest absolute Gasteiger partial charge is 0.348 e. The second-order valence-electron chi connectivity index (χ2n) is 6.73. The smallest absolute Gasteiger partial charge is 0.244 e. The minimum absolute atomic E-state index is 0.0492. The van der Waals surface area contributed by atoms with Gasteiger partial charge in [0.05, 0.1) is 11.4 Å². The SMILES string of the molecule is CCC(=O)N1C(CC(C)C)SCC1C(=O)NC(C)c1ccccc1. The molecule has 1 saturated heterocycles. The van der Waals surface area contributed by atoms with Crippen LogP contribution in [0.3, 0.4) is 0 Å². The number of thioether (sulfide) groups is 1. The minimum atomic E-state index is -0.364. The van der Waals surface area contributed by atoms with Gasteiger partial charge in [0.25, 0.3) is 0 Å². The van der Waals surface area contributed by atoms with Gasteiger partial charge in [0.2, 0.25) is 11.8 Å². The Morgan fingerprint density at radius 3 is 2.50 bits per heavy atom. The number of benzene rings is 1. The first-order chi connectivity index (χ1) is 11.4. The molecule has 2 rings (SSSR count).